The number of alkyl halides is 6. The van der Waals surface area contributed by atoms with Gasteiger partial charge in [0.05, 0.1) is 0 Å². The SMILES string of the molecule is O=C(Nc1ccncc1)[C@@H]1CC12CCN(C(=O)OC(C(F)(F)F)C(F)(F)F)CC2. The number of hydrogen-bond acceptors (Lipinski definition) is 4. The standard InChI is InChI=1S/C17H17F6N3O3/c18-16(19,20)13(17(21,22)23)29-14(28)26-7-3-15(4-8-26)9-11(15)12(27)25-10-1-5-24-6-2-10/h1-2,5-6,11,13H,3-4,7-9H2,(H,24,25,27)/t11-/m0/s1. The van der Waals surface area contributed by atoms with Gasteiger partial charge in [0, 0.05) is 37.1 Å². The summed E-state index contributed by atoms with van der Waals surface area (Å²) in [6.07, 6.45) is -13.2. The number of nitrogens with zero attached hydrogens (tertiary/aromatic N) is 2. The number of nitrogens with one attached hydrogen (secondary N) is 1. The van der Waals surface area contributed by atoms with E-state index in [1.54, 1.807) is 12.1 Å². The largest absolute Gasteiger partial charge is 0.434 e. The van der Waals surface area contributed by atoms with Crippen molar-refractivity contribution < 1.29 is 40.7 Å². The molecule has 29 heavy (non-hydrogen) atoms. The first-order chi connectivity index (χ1) is 13.4. The Balaban J connectivity index is 1.53. The minimum atomic E-state index is -5.75. The van der Waals surface area contributed by atoms with E-state index >= 15 is 0 Å². The number of carbonyl (C=O) groups is 2. The lowest BCUT2D eigenvalue weighted by Crippen LogP contribution is -2.49. The van der Waals surface area contributed by atoms with E-state index in [2.05, 4.69) is 15.0 Å². The fourth-order valence-electron chi connectivity index (χ4n) is 3.56. The van der Waals surface area contributed by atoms with Gasteiger partial charge in [-0.25, -0.2) is 4.79 Å². The number of aromatic nitrogens is 1. The lowest BCUT2D eigenvalue weighted by molar-refractivity contribution is -0.308. The number of likely N-dealkylation sites (tertiary alicyclic amines) is 1. The van der Waals surface area contributed by atoms with Crippen LogP contribution >= 0.6 is 0 Å². The van der Waals surface area contributed by atoms with Crippen molar-refractivity contribution >= 4 is 17.7 Å². The molecule has 0 radical (unpaired) electrons. The van der Waals surface area contributed by atoms with Crippen molar-refractivity contribution in [2.45, 2.75) is 37.7 Å². The van der Waals surface area contributed by atoms with E-state index in [-0.39, 0.29) is 24.9 Å². The van der Waals surface area contributed by atoms with Crippen molar-refractivity contribution in [3.63, 3.8) is 0 Å². The van der Waals surface area contributed by atoms with Gasteiger partial charge in [-0.1, -0.05) is 0 Å². The monoisotopic (exact) mass is 425 g/mol. The second-order valence-electron chi connectivity index (χ2n) is 7.18. The van der Waals surface area contributed by atoms with E-state index in [1.165, 1.54) is 12.4 Å². The van der Waals surface area contributed by atoms with E-state index in [1.807, 2.05) is 0 Å². The Morgan fingerprint density at radius 2 is 1.66 bits per heavy atom. The first kappa shape index (κ1) is 21.2. The lowest BCUT2D eigenvalue weighted by Gasteiger charge is -2.33. The smallest absolute Gasteiger partial charge is 0.426 e. The summed E-state index contributed by atoms with van der Waals surface area (Å²) in [5.74, 6) is -0.548. The van der Waals surface area contributed by atoms with Crippen molar-refractivity contribution in [1.29, 1.82) is 0 Å². The van der Waals surface area contributed by atoms with Crippen LogP contribution in [-0.4, -0.2) is 53.4 Å². The zero-order valence-electron chi connectivity index (χ0n) is 14.9. The molecule has 1 spiro atoms. The minimum Gasteiger partial charge on any atom is -0.426 e. The molecule has 2 amide bonds. The maximum absolute atomic E-state index is 12.5. The summed E-state index contributed by atoms with van der Waals surface area (Å²) in [7, 11) is 0. The molecule has 1 aromatic heterocycles. The Kier molecular flexibility index (Phi) is 5.39. The van der Waals surface area contributed by atoms with Crippen LogP contribution < -0.4 is 5.32 Å². The molecule has 1 saturated heterocycles. The van der Waals surface area contributed by atoms with Crippen LogP contribution in [0.5, 0.6) is 0 Å². The third kappa shape index (κ3) is 4.73. The lowest BCUT2D eigenvalue weighted by atomic mass is 9.91. The number of anilines is 1. The van der Waals surface area contributed by atoms with Gasteiger partial charge in [-0.2, -0.15) is 26.3 Å². The zero-order valence-corrected chi connectivity index (χ0v) is 14.9. The second kappa shape index (κ2) is 7.38. The average Bonchev–Trinajstić information content (AvgIpc) is 3.32. The third-order valence-electron chi connectivity index (χ3n) is 5.28. The van der Waals surface area contributed by atoms with Crippen LogP contribution in [0.25, 0.3) is 0 Å². The highest BCUT2D eigenvalue weighted by atomic mass is 19.4. The van der Waals surface area contributed by atoms with Crippen molar-refractivity contribution in [1.82, 2.24) is 9.88 Å². The summed E-state index contributed by atoms with van der Waals surface area (Å²) in [6.45, 7) is -0.166. The molecule has 2 fully saturated rings. The number of hydrogen-bond donors (Lipinski definition) is 1. The van der Waals surface area contributed by atoms with Crippen molar-refractivity contribution in [2.75, 3.05) is 18.4 Å². The number of amides is 2. The molecule has 1 aliphatic heterocycles. The quantitative estimate of drug-likeness (QED) is 0.749. The number of carbonyl (C=O) groups excluding carboxylic acids is 2. The van der Waals surface area contributed by atoms with Crippen LogP contribution in [0.3, 0.4) is 0 Å². The topological polar surface area (TPSA) is 71.5 Å². The molecule has 2 aliphatic rings. The molecule has 160 valence electrons. The first-order valence-electron chi connectivity index (χ1n) is 8.72. The van der Waals surface area contributed by atoms with Crippen molar-refractivity contribution in [3.05, 3.63) is 24.5 Å². The maximum atomic E-state index is 12.5. The van der Waals surface area contributed by atoms with Gasteiger partial charge in [0.1, 0.15) is 0 Å². The number of rotatable bonds is 3. The molecule has 6 nitrogen and oxygen atoms in total. The van der Waals surface area contributed by atoms with Gasteiger partial charge in [0.2, 0.25) is 5.91 Å². The Morgan fingerprint density at radius 3 is 2.17 bits per heavy atom. The minimum absolute atomic E-state index is 0.0830. The van der Waals surface area contributed by atoms with Gasteiger partial charge < -0.3 is 15.0 Å². The third-order valence-corrected chi connectivity index (χ3v) is 5.28. The van der Waals surface area contributed by atoms with Crippen LogP contribution in [0.2, 0.25) is 0 Å². The summed E-state index contributed by atoms with van der Waals surface area (Å²) in [5, 5.41) is 2.73. The van der Waals surface area contributed by atoms with Gasteiger partial charge in [-0.3, -0.25) is 9.78 Å². The summed E-state index contributed by atoms with van der Waals surface area (Å²) in [5.41, 5.74) is 0.167. The summed E-state index contributed by atoms with van der Waals surface area (Å²) < 4.78 is 78.9. The zero-order chi connectivity index (χ0) is 21.4. The molecular formula is C17H17F6N3O3. The molecular weight excluding hydrogens is 408 g/mol. The fraction of sp³-hybridized carbons (Fsp3) is 0.588. The van der Waals surface area contributed by atoms with E-state index in [9.17, 15) is 35.9 Å². The summed E-state index contributed by atoms with van der Waals surface area (Å²) >= 11 is 0. The van der Waals surface area contributed by atoms with Crippen molar-refractivity contribution in [2.24, 2.45) is 11.3 Å². The second-order valence-corrected chi connectivity index (χ2v) is 7.18. The molecule has 12 heteroatoms. The highest BCUT2D eigenvalue weighted by Crippen LogP contribution is 2.59. The van der Waals surface area contributed by atoms with E-state index < -0.39 is 30.0 Å². The summed E-state index contributed by atoms with van der Waals surface area (Å²) in [6, 6.07) is 3.23. The molecule has 0 bridgehead atoms. The van der Waals surface area contributed by atoms with Gasteiger partial charge >= 0.3 is 18.4 Å². The van der Waals surface area contributed by atoms with Crippen molar-refractivity contribution in [3.8, 4) is 0 Å². The molecule has 1 saturated carbocycles. The fourth-order valence-corrected chi connectivity index (χ4v) is 3.56. The highest BCUT2D eigenvalue weighted by Gasteiger charge is 2.61. The number of piperidine rings is 1. The van der Waals surface area contributed by atoms with Crippen LogP contribution in [0.1, 0.15) is 19.3 Å². The molecule has 1 atom stereocenters. The van der Waals surface area contributed by atoms with Crippen LogP contribution in [0.4, 0.5) is 36.8 Å². The average molecular weight is 425 g/mol. The van der Waals surface area contributed by atoms with Gasteiger partial charge in [-0.05, 0) is 36.8 Å². The number of pyridine rings is 1. The predicted octanol–water partition coefficient (Wildman–Crippen LogP) is 3.75. The van der Waals surface area contributed by atoms with Crippen LogP contribution in [-0.2, 0) is 9.53 Å². The number of halogens is 6. The molecule has 0 unspecified atom stereocenters. The molecule has 0 aromatic carbocycles. The number of ether oxygens (including phenoxy) is 1. The normalized spacial score (nSPS) is 21.2. The molecule has 3 rings (SSSR count). The first-order valence-corrected chi connectivity index (χ1v) is 8.72. The van der Waals surface area contributed by atoms with E-state index in [0.717, 1.165) is 4.90 Å². The van der Waals surface area contributed by atoms with Crippen LogP contribution in [0, 0.1) is 11.3 Å². The van der Waals surface area contributed by atoms with Gasteiger partial charge in [-0.15, -0.1) is 0 Å². The predicted molar refractivity (Wildman–Crippen MR) is 86.6 cm³/mol. The van der Waals surface area contributed by atoms with E-state index in [0.29, 0.717) is 24.9 Å². The van der Waals surface area contributed by atoms with Gasteiger partial charge in [0.25, 0.3) is 6.10 Å². The molecule has 1 N–H and O–H groups in total. The molecule has 1 aromatic rings. The maximum Gasteiger partial charge on any atom is 0.434 e. The highest BCUT2D eigenvalue weighted by molar-refractivity contribution is 5.95. The van der Waals surface area contributed by atoms with E-state index in [4.69, 9.17) is 0 Å². The Bertz CT molecular complexity index is 746. The van der Waals surface area contributed by atoms with Crippen LogP contribution in [0.15, 0.2) is 24.5 Å². The summed E-state index contributed by atoms with van der Waals surface area (Å²) in [4.78, 5) is 28.8. The molecule has 2 heterocycles. The van der Waals surface area contributed by atoms with Gasteiger partial charge in [0.15, 0.2) is 0 Å². The Morgan fingerprint density at radius 1 is 1.10 bits per heavy atom. The Labute approximate surface area is 161 Å². The Hall–Kier alpha value is -2.53. The molecule has 1 aliphatic carbocycles.